The summed E-state index contributed by atoms with van der Waals surface area (Å²) in [5.74, 6) is -2.33. The number of carbonyl (C=O) groups is 2. The van der Waals surface area contributed by atoms with Gasteiger partial charge in [0.1, 0.15) is 4.88 Å². The SMILES string of the molecule is Cc1ccc(C(=O)OCC(=O)Nc2ccc(F)c([N+](=O)[O-])c2)s1. The van der Waals surface area contributed by atoms with Gasteiger partial charge in [-0.25, -0.2) is 4.79 Å². The first-order chi connectivity index (χ1) is 10.9. The van der Waals surface area contributed by atoms with Crippen molar-refractivity contribution in [3.05, 3.63) is 56.0 Å². The zero-order valence-corrected chi connectivity index (χ0v) is 12.7. The minimum Gasteiger partial charge on any atom is -0.451 e. The number of rotatable bonds is 5. The van der Waals surface area contributed by atoms with E-state index in [1.807, 2.05) is 6.92 Å². The summed E-state index contributed by atoms with van der Waals surface area (Å²) >= 11 is 1.24. The van der Waals surface area contributed by atoms with Gasteiger partial charge in [-0.3, -0.25) is 14.9 Å². The van der Waals surface area contributed by atoms with Crippen molar-refractivity contribution in [1.82, 2.24) is 0 Å². The van der Waals surface area contributed by atoms with Gasteiger partial charge >= 0.3 is 11.7 Å². The highest BCUT2D eigenvalue weighted by atomic mass is 32.1. The second-order valence-corrected chi connectivity index (χ2v) is 5.75. The minimum absolute atomic E-state index is 0.0334. The quantitative estimate of drug-likeness (QED) is 0.513. The first-order valence-electron chi connectivity index (χ1n) is 6.34. The smallest absolute Gasteiger partial charge is 0.348 e. The van der Waals surface area contributed by atoms with Gasteiger partial charge in [0.15, 0.2) is 6.61 Å². The molecule has 1 amide bonds. The number of nitro groups is 1. The lowest BCUT2D eigenvalue weighted by atomic mass is 10.2. The number of thiophene rings is 1. The number of carbonyl (C=O) groups excluding carboxylic acids is 2. The largest absolute Gasteiger partial charge is 0.451 e. The molecule has 0 saturated heterocycles. The maximum atomic E-state index is 13.2. The van der Waals surface area contributed by atoms with Gasteiger partial charge in [-0.2, -0.15) is 4.39 Å². The second kappa shape index (κ2) is 6.97. The van der Waals surface area contributed by atoms with Crippen molar-refractivity contribution in [2.24, 2.45) is 0 Å². The number of anilines is 1. The van der Waals surface area contributed by atoms with Crippen LogP contribution in [-0.4, -0.2) is 23.4 Å². The van der Waals surface area contributed by atoms with Crippen LogP contribution in [0.4, 0.5) is 15.8 Å². The molecular weight excluding hydrogens is 327 g/mol. The summed E-state index contributed by atoms with van der Waals surface area (Å²) in [6.45, 7) is 1.27. The maximum Gasteiger partial charge on any atom is 0.348 e. The number of benzene rings is 1. The molecule has 120 valence electrons. The van der Waals surface area contributed by atoms with Crippen LogP contribution in [0.3, 0.4) is 0 Å². The van der Waals surface area contributed by atoms with Crippen molar-refractivity contribution in [1.29, 1.82) is 0 Å². The van der Waals surface area contributed by atoms with Gasteiger partial charge < -0.3 is 10.1 Å². The van der Waals surface area contributed by atoms with E-state index < -0.39 is 34.9 Å². The molecule has 0 radical (unpaired) electrons. The molecule has 0 fully saturated rings. The predicted octanol–water partition coefficient (Wildman–Crippen LogP) is 2.90. The van der Waals surface area contributed by atoms with Crippen molar-refractivity contribution in [2.45, 2.75) is 6.92 Å². The van der Waals surface area contributed by atoms with E-state index in [4.69, 9.17) is 4.74 Å². The molecule has 0 unspecified atom stereocenters. The van der Waals surface area contributed by atoms with Crippen molar-refractivity contribution in [2.75, 3.05) is 11.9 Å². The normalized spacial score (nSPS) is 10.2. The number of halogens is 1. The van der Waals surface area contributed by atoms with E-state index in [1.165, 1.54) is 17.4 Å². The lowest BCUT2D eigenvalue weighted by Crippen LogP contribution is -2.20. The predicted molar refractivity (Wildman–Crippen MR) is 81.0 cm³/mol. The molecule has 2 rings (SSSR count). The van der Waals surface area contributed by atoms with E-state index in [9.17, 15) is 24.1 Å². The van der Waals surface area contributed by atoms with Crippen LogP contribution in [0.2, 0.25) is 0 Å². The third-order valence-electron chi connectivity index (χ3n) is 2.70. The highest BCUT2D eigenvalue weighted by Gasteiger charge is 2.16. The molecule has 0 aliphatic heterocycles. The number of ether oxygens (including phenoxy) is 1. The first kappa shape index (κ1) is 16.6. The molecule has 1 heterocycles. The van der Waals surface area contributed by atoms with Crippen LogP contribution in [-0.2, 0) is 9.53 Å². The Bertz CT molecular complexity index is 774. The van der Waals surface area contributed by atoms with Gasteiger partial charge in [-0.1, -0.05) is 0 Å². The Hall–Kier alpha value is -2.81. The van der Waals surface area contributed by atoms with Crippen LogP contribution in [0.5, 0.6) is 0 Å². The van der Waals surface area contributed by atoms with E-state index >= 15 is 0 Å². The molecule has 0 aliphatic carbocycles. The van der Waals surface area contributed by atoms with Gasteiger partial charge in [-0.05, 0) is 31.2 Å². The number of hydrogen-bond acceptors (Lipinski definition) is 6. The Kier molecular flexibility index (Phi) is 5.02. The van der Waals surface area contributed by atoms with E-state index in [1.54, 1.807) is 12.1 Å². The summed E-state index contributed by atoms with van der Waals surface area (Å²) in [5.41, 5.74) is -0.722. The molecule has 1 N–H and O–H groups in total. The van der Waals surface area contributed by atoms with Crippen LogP contribution in [0.1, 0.15) is 14.5 Å². The Morgan fingerprint density at radius 2 is 2.09 bits per heavy atom. The Morgan fingerprint density at radius 1 is 1.35 bits per heavy atom. The third kappa shape index (κ3) is 4.33. The van der Waals surface area contributed by atoms with Crippen molar-refractivity contribution < 1.29 is 23.6 Å². The van der Waals surface area contributed by atoms with Gasteiger partial charge in [0, 0.05) is 16.6 Å². The van der Waals surface area contributed by atoms with Crippen molar-refractivity contribution >= 4 is 34.6 Å². The minimum atomic E-state index is -1.01. The second-order valence-electron chi connectivity index (χ2n) is 4.46. The maximum absolute atomic E-state index is 13.2. The van der Waals surface area contributed by atoms with E-state index in [2.05, 4.69) is 5.32 Å². The number of amides is 1. The van der Waals surface area contributed by atoms with Crippen LogP contribution >= 0.6 is 11.3 Å². The summed E-state index contributed by atoms with van der Waals surface area (Å²) in [4.78, 5) is 34.4. The van der Waals surface area contributed by atoms with Crippen molar-refractivity contribution in [3.63, 3.8) is 0 Å². The fourth-order valence-corrected chi connectivity index (χ4v) is 2.44. The standard InChI is InChI=1S/C14H11FN2O5S/c1-8-2-5-12(23-8)14(19)22-7-13(18)16-9-3-4-10(15)11(6-9)17(20)21/h2-6H,7H2,1H3,(H,16,18). The van der Waals surface area contributed by atoms with Gasteiger partial charge in [0.2, 0.25) is 5.82 Å². The molecule has 1 aromatic carbocycles. The molecule has 0 aliphatic rings. The van der Waals surface area contributed by atoms with E-state index in [-0.39, 0.29) is 5.69 Å². The monoisotopic (exact) mass is 338 g/mol. The fraction of sp³-hybridized carbons (Fsp3) is 0.143. The Morgan fingerprint density at radius 3 is 2.70 bits per heavy atom. The molecular formula is C14H11FN2O5S. The topological polar surface area (TPSA) is 98.5 Å². The summed E-state index contributed by atoms with van der Waals surface area (Å²) in [6, 6.07) is 6.26. The molecule has 1 aromatic heterocycles. The number of nitro benzene ring substituents is 1. The average molecular weight is 338 g/mol. The number of aryl methyl sites for hydroxylation is 1. The highest BCUT2D eigenvalue weighted by molar-refractivity contribution is 7.13. The fourth-order valence-electron chi connectivity index (χ4n) is 1.67. The third-order valence-corrected chi connectivity index (χ3v) is 3.68. The van der Waals surface area contributed by atoms with Crippen LogP contribution in [0.25, 0.3) is 0 Å². The average Bonchev–Trinajstić information content (AvgIpc) is 2.93. The Labute approximate surface area is 133 Å². The van der Waals surface area contributed by atoms with Crippen molar-refractivity contribution in [3.8, 4) is 0 Å². The molecule has 0 bridgehead atoms. The van der Waals surface area contributed by atoms with E-state index in [0.717, 1.165) is 17.0 Å². The number of nitrogens with zero attached hydrogens (tertiary/aromatic N) is 1. The Balaban J connectivity index is 1.93. The summed E-state index contributed by atoms with van der Waals surface area (Å²) in [6.07, 6.45) is 0. The van der Waals surface area contributed by atoms with Crippen LogP contribution < -0.4 is 5.32 Å². The van der Waals surface area contributed by atoms with Gasteiger partial charge in [0.25, 0.3) is 5.91 Å². The van der Waals surface area contributed by atoms with Crippen LogP contribution in [0.15, 0.2) is 30.3 Å². The van der Waals surface area contributed by atoms with E-state index in [0.29, 0.717) is 4.88 Å². The first-order valence-corrected chi connectivity index (χ1v) is 7.16. The zero-order valence-electron chi connectivity index (χ0n) is 11.9. The number of hydrogen-bond donors (Lipinski definition) is 1. The molecule has 0 spiro atoms. The molecule has 9 heteroatoms. The molecule has 7 nitrogen and oxygen atoms in total. The zero-order chi connectivity index (χ0) is 17.0. The van der Waals surface area contributed by atoms with Gasteiger partial charge in [0.05, 0.1) is 4.92 Å². The summed E-state index contributed by atoms with van der Waals surface area (Å²) in [5, 5.41) is 12.9. The molecule has 23 heavy (non-hydrogen) atoms. The molecule has 2 aromatic rings. The molecule has 0 saturated carbocycles. The number of nitrogens with one attached hydrogen (secondary N) is 1. The van der Waals surface area contributed by atoms with Gasteiger partial charge in [-0.15, -0.1) is 11.3 Å². The van der Waals surface area contributed by atoms with Crippen LogP contribution in [0, 0.1) is 22.9 Å². The lowest BCUT2D eigenvalue weighted by molar-refractivity contribution is -0.387. The number of esters is 1. The highest BCUT2D eigenvalue weighted by Crippen LogP contribution is 2.21. The lowest BCUT2D eigenvalue weighted by Gasteiger charge is -2.06. The molecule has 0 atom stereocenters. The summed E-state index contributed by atoms with van der Waals surface area (Å²) in [7, 11) is 0. The summed E-state index contributed by atoms with van der Waals surface area (Å²) < 4.78 is 18.0.